The van der Waals surface area contributed by atoms with E-state index in [9.17, 15) is 4.79 Å². The third-order valence-electron chi connectivity index (χ3n) is 4.75. The third kappa shape index (κ3) is 3.25. The van der Waals surface area contributed by atoms with E-state index in [1.165, 1.54) is 11.8 Å². The van der Waals surface area contributed by atoms with Crippen LogP contribution in [0.2, 0.25) is 0 Å². The highest BCUT2D eigenvalue weighted by molar-refractivity contribution is 7.98. The van der Waals surface area contributed by atoms with Gasteiger partial charge >= 0.3 is 0 Å². The summed E-state index contributed by atoms with van der Waals surface area (Å²) in [6.07, 6.45) is 1.73. The van der Waals surface area contributed by atoms with Crippen LogP contribution in [0.3, 0.4) is 0 Å². The van der Waals surface area contributed by atoms with Crippen molar-refractivity contribution in [1.29, 1.82) is 0 Å². The molecule has 0 spiro atoms. The molecule has 1 aromatic carbocycles. The quantitative estimate of drug-likeness (QED) is 0.270. The molecule has 5 nitrogen and oxygen atoms in total. The summed E-state index contributed by atoms with van der Waals surface area (Å²) in [5.74, 6) is 0.599. The minimum Gasteiger partial charge on any atom is -0.283 e. The Morgan fingerprint density at radius 3 is 2.57 bits per heavy atom. The minimum atomic E-state index is -0.00410. The van der Waals surface area contributed by atoms with Gasteiger partial charge in [0.15, 0.2) is 5.16 Å². The summed E-state index contributed by atoms with van der Waals surface area (Å²) >= 11 is 3.08. The summed E-state index contributed by atoms with van der Waals surface area (Å²) in [6, 6.07) is 7.85. The van der Waals surface area contributed by atoms with E-state index in [2.05, 4.69) is 11.6 Å². The molecule has 3 aromatic heterocycles. The van der Waals surface area contributed by atoms with E-state index >= 15 is 0 Å². The molecule has 0 saturated heterocycles. The van der Waals surface area contributed by atoms with Crippen LogP contribution in [0.1, 0.15) is 21.8 Å². The molecule has 3 heterocycles. The molecule has 0 aliphatic heterocycles. The average molecular weight is 409 g/mol. The number of aryl methyl sites for hydroxylation is 3. The second kappa shape index (κ2) is 7.48. The number of hydrogen-bond donors (Lipinski definition) is 0. The van der Waals surface area contributed by atoms with E-state index < -0.39 is 0 Å². The molecule has 0 radical (unpaired) electrons. The number of para-hydroxylation sites is 2. The average Bonchev–Trinajstić information content (AvgIpc) is 2.96. The highest BCUT2D eigenvalue weighted by Crippen LogP contribution is 2.29. The van der Waals surface area contributed by atoms with Crippen LogP contribution in [0, 0.1) is 20.8 Å². The maximum absolute atomic E-state index is 13.1. The fraction of sp³-hybridized carbons (Fsp3) is 0.238. The zero-order valence-electron chi connectivity index (χ0n) is 16.0. The van der Waals surface area contributed by atoms with Crippen molar-refractivity contribution >= 4 is 44.3 Å². The van der Waals surface area contributed by atoms with Crippen LogP contribution >= 0.6 is 23.1 Å². The molecule has 28 heavy (non-hydrogen) atoms. The maximum Gasteiger partial charge on any atom is 0.263 e. The summed E-state index contributed by atoms with van der Waals surface area (Å²) in [5, 5.41) is 1.41. The molecule has 0 bridgehead atoms. The third-order valence-corrected chi connectivity index (χ3v) is 6.84. The van der Waals surface area contributed by atoms with Gasteiger partial charge in [-0.1, -0.05) is 30.0 Å². The van der Waals surface area contributed by atoms with Gasteiger partial charge in [-0.2, -0.15) is 0 Å². The SMILES string of the molecule is C=CCn1c(SCc2nc3ccccc3nc2C)nc2sc(C)c(C)c2c1=O. The Morgan fingerprint density at radius 2 is 1.86 bits per heavy atom. The van der Waals surface area contributed by atoms with Crippen LogP contribution in [0.4, 0.5) is 0 Å². The van der Waals surface area contributed by atoms with Gasteiger partial charge in [-0.05, 0) is 38.5 Å². The fourth-order valence-electron chi connectivity index (χ4n) is 3.10. The number of hydrogen-bond acceptors (Lipinski definition) is 6. The predicted octanol–water partition coefficient (Wildman–Crippen LogP) is 4.80. The second-order valence-corrected chi connectivity index (χ2v) is 8.74. The molecule has 4 aromatic rings. The van der Waals surface area contributed by atoms with Crippen molar-refractivity contribution in [2.75, 3.05) is 0 Å². The van der Waals surface area contributed by atoms with Crippen LogP contribution < -0.4 is 5.56 Å². The molecule has 4 rings (SSSR count). The predicted molar refractivity (Wildman–Crippen MR) is 117 cm³/mol. The second-order valence-electron chi connectivity index (χ2n) is 6.60. The number of rotatable bonds is 5. The monoisotopic (exact) mass is 408 g/mol. The first-order chi connectivity index (χ1) is 13.5. The van der Waals surface area contributed by atoms with Gasteiger partial charge in [-0.15, -0.1) is 17.9 Å². The summed E-state index contributed by atoms with van der Waals surface area (Å²) in [5.41, 5.74) is 4.58. The van der Waals surface area contributed by atoms with E-state index in [4.69, 9.17) is 9.97 Å². The number of thioether (sulfide) groups is 1. The zero-order chi connectivity index (χ0) is 19.8. The maximum atomic E-state index is 13.1. The summed E-state index contributed by atoms with van der Waals surface area (Å²) in [6.45, 7) is 10.2. The summed E-state index contributed by atoms with van der Waals surface area (Å²) < 4.78 is 1.70. The van der Waals surface area contributed by atoms with Crippen LogP contribution in [-0.4, -0.2) is 19.5 Å². The number of thiophene rings is 1. The topological polar surface area (TPSA) is 60.7 Å². The molecule has 0 aliphatic carbocycles. The first-order valence-corrected chi connectivity index (χ1v) is 10.8. The number of aromatic nitrogens is 4. The van der Waals surface area contributed by atoms with Crippen molar-refractivity contribution in [3.63, 3.8) is 0 Å². The highest BCUT2D eigenvalue weighted by Gasteiger charge is 2.17. The molecule has 0 saturated carbocycles. The number of benzene rings is 1. The van der Waals surface area contributed by atoms with Gasteiger partial charge in [-0.25, -0.2) is 15.0 Å². The molecule has 0 unspecified atom stereocenters. The first-order valence-electron chi connectivity index (χ1n) is 8.96. The standard InChI is InChI=1S/C21H20N4OS2/c1-5-10-25-20(26)18-12(2)14(4)28-19(18)24-21(25)27-11-17-13(3)22-15-8-6-7-9-16(15)23-17/h5-9H,1,10-11H2,2-4H3. The lowest BCUT2D eigenvalue weighted by atomic mass is 10.2. The molecule has 142 valence electrons. The van der Waals surface area contributed by atoms with Crippen molar-refractivity contribution in [2.45, 2.75) is 38.2 Å². The molecule has 0 amide bonds. The number of nitrogens with zero attached hydrogens (tertiary/aromatic N) is 4. The molecule has 0 atom stereocenters. The smallest absolute Gasteiger partial charge is 0.263 e. The Bertz CT molecular complexity index is 1270. The van der Waals surface area contributed by atoms with Crippen molar-refractivity contribution in [3.8, 4) is 0 Å². The number of fused-ring (bicyclic) bond motifs is 2. The first kappa shape index (κ1) is 18.8. The fourth-order valence-corrected chi connectivity index (χ4v) is 5.19. The van der Waals surface area contributed by atoms with Gasteiger partial charge in [0.25, 0.3) is 5.56 Å². The molecule has 0 aliphatic rings. The zero-order valence-corrected chi connectivity index (χ0v) is 17.7. The van der Waals surface area contributed by atoms with Gasteiger partial charge in [0.05, 0.1) is 27.8 Å². The van der Waals surface area contributed by atoms with Crippen LogP contribution in [0.5, 0.6) is 0 Å². The van der Waals surface area contributed by atoms with Crippen molar-refractivity contribution in [3.05, 3.63) is 69.1 Å². The van der Waals surface area contributed by atoms with E-state index in [1.807, 2.05) is 45.0 Å². The number of allylic oxidation sites excluding steroid dienone is 1. The van der Waals surface area contributed by atoms with Crippen LogP contribution in [0.25, 0.3) is 21.3 Å². The van der Waals surface area contributed by atoms with E-state index in [-0.39, 0.29) is 5.56 Å². The molecule has 7 heteroatoms. The summed E-state index contributed by atoms with van der Waals surface area (Å²) in [4.78, 5) is 29.2. The Labute approximate surface area is 171 Å². The molecule has 0 N–H and O–H groups in total. The molecular weight excluding hydrogens is 388 g/mol. The van der Waals surface area contributed by atoms with Crippen molar-refractivity contribution < 1.29 is 0 Å². The van der Waals surface area contributed by atoms with E-state index in [1.54, 1.807) is 22.0 Å². The normalized spacial score (nSPS) is 11.4. The molecular formula is C21H20N4OS2. The van der Waals surface area contributed by atoms with Gasteiger partial charge < -0.3 is 0 Å². The van der Waals surface area contributed by atoms with E-state index in [0.717, 1.165) is 43.1 Å². The van der Waals surface area contributed by atoms with Crippen molar-refractivity contribution in [1.82, 2.24) is 19.5 Å². The van der Waals surface area contributed by atoms with Crippen molar-refractivity contribution in [2.24, 2.45) is 0 Å². The minimum absolute atomic E-state index is 0.00410. The Kier molecular flexibility index (Phi) is 5.03. The Balaban J connectivity index is 1.75. The Morgan fingerprint density at radius 1 is 1.14 bits per heavy atom. The molecule has 0 fully saturated rings. The largest absolute Gasteiger partial charge is 0.283 e. The lowest BCUT2D eigenvalue weighted by molar-refractivity contribution is 0.672. The van der Waals surface area contributed by atoms with Gasteiger partial charge in [0.1, 0.15) is 4.83 Å². The summed E-state index contributed by atoms with van der Waals surface area (Å²) in [7, 11) is 0. The van der Waals surface area contributed by atoms with Gasteiger partial charge in [-0.3, -0.25) is 9.36 Å². The van der Waals surface area contributed by atoms with Crippen LogP contribution in [-0.2, 0) is 12.3 Å². The van der Waals surface area contributed by atoms with Gasteiger partial charge in [0, 0.05) is 17.2 Å². The van der Waals surface area contributed by atoms with Crippen LogP contribution in [0.15, 0.2) is 46.9 Å². The lowest BCUT2D eigenvalue weighted by Crippen LogP contribution is -2.22. The van der Waals surface area contributed by atoms with Gasteiger partial charge in [0.2, 0.25) is 0 Å². The highest BCUT2D eigenvalue weighted by atomic mass is 32.2. The van der Waals surface area contributed by atoms with E-state index in [0.29, 0.717) is 17.5 Å². The lowest BCUT2D eigenvalue weighted by Gasteiger charge is -2.11. The Hall–Kier alpha value is -2.51.